The molecule has 0 saturated carbocycles. The largest absolute Gasteiger partial charge is 0.338 e. The fraction of sp³-hybridized carbons (Fsp3) is 0.133. The fourth-order valence-corrected chi connectivity index (χ4v) is 3.55. The highest BCUT2D eigenvalue weighted by atomic mass is 32.2. The van der Waals surface area contributed by atoms with Crippen LogP contribution >= 0.6 is 0 Å². The number of carbonyl (C=O) groups excluding carboxylic acids is 1. The van der Waals surface area contributed by atoms with E-state index >= 15 is 0 Å². The Morgan fingerprint density at radius 1 is 1.00 bits per heavy atom. The molecule has 0 aliphatic heterocycles. The van der Waals surface area contributed by atoms with E-state index in [1.165, 1.54) is 24.3 Å². The number of halogens is 3. The minimum atomic E-state index is -4.26. The molecule has 1 N–H and O–H groups in total. The number of aryl methyl sites for hydroxylation is 1. The van der Waals surface area contributed by atoms with Gasteiger partial charge >= 0.3 is 0 Å². The summed E-state index contributed by atoms with van der Waals surface area (Å²) in [7, 11) is -4.26. The van der Waals surface area contributed by atoms with Gasteiger partial charge in [0.2, 0.25) is 16.2 Å². The molecule has 1 unspecified atom stereocenters. The number of sulfone groups is 1. The summed E-state index contributed by atoms with van der Waals surface area (Å²) in [5.41, 5.74) is 0.111. The molecule has 0 radical (unpaired) electrons. The highest BCUT2D eigenvalue weighted by Crippen LogP contribution is 2.29. The molecule has 0 heterocycles. The van der Waals surface area contributed by atoms with E-state index in [4.69, 9.17) is 0 Å². The molecule has 0 aliphatic rings. The first-order valence-electron chi connectivity index (χ1n) is 6.42. The summed E-state index contributed by atoms with van der Waals surface area (Å²) < 4.78 is 65.4. The Morgan fingerprint density at radius 2 is 1.57 bits per heavy atom. The number of carbonyl (C=O) groups is 1. The van der Waals surface area contributed by atoms with Crippen LogP contribution < -0.4 is 5.32 Å². The van der Waals surface area contributed by atoms with E-state index in [9.17, 15) is 26.4 Å². The van der Waals surface area contributed by atoms with E-state index in [-0.39, 0.29) is 17.4 Å². The second-order valence-electron chi connectivity index (χ2n) is 4.81. The summed E-state index contributed by atoms with van der Waals surface area (Å²) in [6.45, 7) is 1.74. The van der Waals surface area contributed by atoms with E-state index in [0.29, 0.717) is 6.07 Å². The minimum absolute atomic E-state index is 0.0527. The topological polar surface area (TPSA) is 63.2 Å². The zero-order valence-electron chi connectivity index (χ0n) is 11.9. The van der Waals surface area contributed by atoms with Gasteiger partial charge in [0.15, 0.2) is 17.0 Å². The van der Waals surface area contributed by atoms with Gasteiger partial charge in [0.25, 0.3) is 0 Å². The van der Waals surface area contributed by atoms with Crippen molar-refractivity contribution in [2.75, 3.05) is 0 Å². The smallest absolute Gasteiger partial charge is 0.208 e. The molecule has 0 bridgehead atoms. The Kier molecular flexibility index (Phi) is 4.74. The zero-order chi connectivity index (χ0) is 17.2. The maximum absolute atomic E-state index is 13.9. The molecule has 2 rings (SSSR count). The molecule has 0 saturated heterocycles. The second kappa shape index (κ2) is 6.41. The molecular formula is C15H12F3NO3S. The van der Waals surface area contributed by atoms with Crippen LogP contribution in [0.4, 0.5) is 13.2 Å². The first-order valence-corrected chi connectivity index (χ1v) is 7.96. The molecule has 1 atom stereocenters. The van der Waals surface area contributed by atoms with Gasteiger partial charge in [0.1, 0.15) is 5.82 Å². The lowest BCUT2D eigenvalue weighted by Gasteiger charge is -2.18. The predicted octanol–water partition coefficient (Wildman–Crippen LogP) is 2.63. The molecule has 0 aromatic heterocycles. The Labute approximate surface area is 130 Å². The van der Waals surface area contributed by atoms with Crippen LogP contribution in [-0.4, -0.2) is 14.8 Å². The number of hydrogen-bond donors (Lipinski definition) is 1. The molecule has 8 heteroatoms. The van der Waals surface area contributed by atoms with Crippen LogP contribution in [0.5, 0.6) is 0 Å². The van der Waals surface area contributed by atoms with Crippen molar-refractivity contribution < 1.29 is 26.4 Å². The van der Waals surface area contributed by atoms with Gasteiger partial charge in [-0.15, -0.1) is 0 Å². The summed E-state index contributed by atoms with van der Waals surface area (Å²) >= 11 is 0. The van der Waals surface area contributed by atoms with Gasteiger partial charge in [0.05, 0.1) is 4.90 Å². The third-order valence-corrected chi connectivity index (χ3v) is 5.14. The van der Waals surface area contributed by atoms with Gasteiger partial charge in [-0.3, -0.25) is 4.79 Å². The molecule has 2 aromatic rings. The molecule has 0 spiro atoms. The second-order valence-corrected chi connectivity index (χ2v) is 6.84. The molecule has 4 nitrogen and oxygen atoms in total. The molecule has 23 heavy (non-hydrogen) atoms. The summed E-state index contributed by atoms with van der Waals surface area (Å²) in [5.74, 6) is -4.15. The Bertz CT molecular complexity index is 836. The number of rotatable bonds is 5. The lowest BCUT2D eigenvalue weighted by Crippen LogP contribution is -2.29. The van der Waals surface area contributed by atoms with E-state index in [1.54, 1.807) is 6.92 Å². The van der Waals surface area contributed by atoms with E-state index in [2.05, 4.69) is 0 Å². The maximum atomic E-state index is 13.9. The van der Waals surface area contributed by atoms with Crippen molar-refractivity contribution in [1.29, 1.82) is 0 Å². The summed E-state index contributed by atoms with van der Waals surface area (Å²) in [4.78, 5) is 10.5. The summed E-state index contributed by atoms with van der Waals surface area (Å²) in [5, 5.41) is 0.0651. The van der Waals surface area contributed by atoms with Crippen molar-refractivity contribution in [3.8, 4) is 0 Å². The van der Waals surface area contributed by atoms with Crippen LogP contribution in [0.15, 0.2) is 41.3 Å². The van der Waals surface area contributed by atoms with Gasteiger partial charge in [-0.05, 0) is 25.1 Å². The molecule has 0 fully saturated rings. The van der Waals surface area contributed by atoms with Crippen LogP contribution in [-0.2, 0) is 14.6 Å². The van der Waals surface area contributed by atoms with Crippen LogP contribution in [0, 0.1) is 24.4 Å². The highest BCUT2D eigenvalue weighted by molar-refractivity contribution is 7.91. The zero-order valence-corrected chi connectivity index (χ0v) is 12.7. The van der Waals surface area contributed by atoms with Crippen LogP contribution in [0.25, 0.3) is 0 Å². The standard InChI is InChI=1S/C15H12F3NO3S/c1-9-2-4-10(5-3-9)23(21,22)15(19-8-20)11-6-13(17)14(18)7-12(11)16/h2-8,15H,1H3,(H,19,20). The van der Waals surface area contributed by atoms with Crippen LogP contribution in [0.2, 0.25) is 0 Å². The third kappa shape index (κ3) is 3.37. The minimum Gasteiger partial charge on any atom is -0.338 e. The SMILES string of the molecule is Cc1ccc(S(=O)(=O)C(NC=O)c2cc(F)c(F)cc2F)cc1. The molecule has 0 aliphatic carbocycles. The van der Waals surface area contributed by atoms with Gasteiger partial charge in [-0.1, -0.05) is 17.7 Å². The van der Waals surface area contributed by atoms with E-state index in [0.717, 1.165) is 5.56 Å². The predicted molar refractivity (Wildman–Crippen MR) is 76.6 cm³/mol. The number of hydrogen-bond acceptors (Lipinski definition) is 3. The number of benzene rings is 2. The van der Waals surface area contributed by atoms with Crippen molar-refractivity contribution in [3.63, 3.8) is 0 Å². The van der Waals surface area contributed by atoms with Crippen molar-refractivity contribution in [3.05, 3.63) is 65.0 Å². The average molecular weight is 343 g/mol. The monoisotopic (exact) mass is 343 g/mol. The number of amides is 1. The van der Waals surface area contributed by atoms with Crippen LogP contribution in [0.3, 0.4) is 0 Å². The number of nitrogens with one attached hydrogen (secondary N) is 1. The normalized spacial score (nSPS) is 12.7. The first-order chi connectivity index (χ1) is 10.8. The van der Waals surface area contributed by atoms with Gasteiger partial charge < -0.3 is 5.32 Å². The van der Waals surface area contributed by atoms with Gasteiger partial charge in [-0.25, -0.2) is 21.6 Å². The highest BCUT2D eigenvalue weighted by Gasteiger charge is 2.32. The maximum Gasteiger partial charge on any atom is 0.208 e. The lowest BCUT2D eigenvalue weighted by atomic mass is 10.2. The Morgan fingerprint density at radius 3 is 2.13 bits per heavy atom. The average Bonchev–Trinajstić information content (AvgIpc) is 2.49. The summed E-state index contributed by atoms with van der Waals surface area (Å²) in [6, 6.07) is 6.25. The molecular weight excluding hydrogens is 331 g/mol. The van der Waals surface area contributed by atoms with Crippen LogP contribution in [0.1, 0.15) is 16.5 Å². The Hall–Kier alpha value is -2.35. The lowest BCUT2D eigenvalue weighted by molar-refractivity contribution is -0.109. The molecule has 122 valence electrons. The molecule has 1 amide bonds. The quantitative estimate of drug-likeness (QED) is 0.671. The first kappa shape index (κ1) is 17.0. The van der Waals surface area contributed by atoms with Crippen molar-refractivity contribution in [2.45, 2.75) is 17.2 Å². The van der Waals surface area contributed by atoms with Crippen molar-refractivity contribution >= 4 is 16.2 Å². The summed E-state index contributed by atoms with van der Waals surface area (Å²) in [6.07, 6.45) is 0.0527. The van der Waals surface area contributed by atoms with E-state index < -0.39 is 38.2 Å². The van der Waals surface area contributed by atoms with Gasteiger partial charge in [-0.2, -0.15) is 0 Å². The molecule has 2 aromatic carbocycles. The van der Waals surface area contributed by atoms with Crippen molar-refractivity contribution in [1.82, 2.24) is 5.32 Å². The Balaban J connectivity index is 2.60. The fourth-order valence-electron chi connectivity index (χ4n) is 2.01. The van der Waals surface area contributed by atoms with Gasteiger partial charge in [0, 0.05) is 11.6 Å². The third-order valence-electron chi connectivity index (χ3n) is 3.20. The van der Waals surface area contributed by atoms with E-state index in [1.807, 2.05) is 5.32 Å². The van der Waals surface area contributed by atoms with Crippen molar-refractivity contribution in [2.24, 2.45) is 0 Å².